The molecule has 21 heavy (non-hydrogen) atoms. The van der Waals surface area contributed by atoms with E-state index in [9.17, 15) is 8.78 Å². The van der Waals surface area contributed by atoms with E-state index in [1.165, 1.54) is 31.4 Å². The maximum absolute atomic E-state index is 14.0. The third-order valence-corrected chi connectivity index (χ3v) is 3.11. The van der Waals surface area contributed by atoms with Crippen LogP contribution in [0.2, 0.25) is 0 Å². The van der Waals surface area contributed by atoms with Crippen LogP contribution in [0.3, 0.4) is 0 Å². The summed E-state index contributed by atoms with van der Waals surface area (Å²) in [6, 6.07) is 8.53. The minimum Gasteiger partial charge on any atom is -0.494 e. The summed E-state index contributed by atoms with van der Waals surface area (Å²) < 4.78 is 37.7. The van der Waals surface area contributed by atoms with Gasteiger partial charge < -0.3 is 15.2 Å². The predicted octanol–water partition coefficient (Wildman–Crippen LogP) is 3.57. The van der Waals surface area contributed by atoms with E-state index in [4.69, 9.17) is 15.2 Å². The zero-order chi connectivity index (χ0) is 15.4. The molecule has 0 aliphatic carbocycles. The highest BCUT2D eigenvalue weighted by Crippen LogP contribution is 2.27. The lowest BCUT2D eigenvalue weighted by molar-refractivity contribution is 0.291. The van der Waals surface area contributed by atoms with Crippen molar-refractivity contribution in [3.05, 3.63) is 59.2 Å². The molecule has 0 fully saturated rings. The molecule has 1 atom stereocenters. The fourth-order valence-corrected chi connectivity index (χ4v) is 1.99. The van der Waals surface area contributed by atoms with Gasteiger partial charge in [0, 0.05) is 17.2 Å². The maximum atomic E-state index is 14.0. The summed E-state index contributed by atoms with van der Waals surface area (Å²) in [5.74, 6) is -0.261. The van der Waals surface area contributed by atoms with E-state index in [2.05, 4.69) is 0 Å². The van der Waals surface area contributed by atoms with Crippen LogP contribution >= 0.6 is 0 Å². The Labute approximate surface area is 122 Å². The van der Waals surface area contributed by atoms with Crippen molar-refractivity contribution in [2.45, 2.75) is 19.6 Å². The second kappa shape index (κ2) is 6.54. The van der Waals surface area contributed by atoms with Crippen LogP contribution in [0.25, 0.3) is 0 Å². The highest BCUT2D eigenvalue weighted by Gasteiger charge is 2.12. The molecule has 2 N–H and O–H groups in total. The molecule has 0 amide bonds. The fourth-order valence-electron chi connectivity index (χ4n) is 1.99. The van der Waals surface area contributed by atoms with E-state index in [1.807, 2.05) is 0 Å². The molecule has 0 aliphatic heterocycles. The molecule has 0 aliphatic rings. The Bertz CT molecular complexity index is 630. The molecule has 0 radical (unpaired) electrons. The number of halogens is 2. The molecule has 2 aromatic rings. The lowest BCUT2D eigenvalue weighted by Gasteiger charge is -2.15. The first-order valence-electron chi connectivity index (χ1n) is 6.52. The molecule has 0 aromatic heterocycles. The molecule has 0 spiro atoms. The summed E-state index contributed by atoms with van der Waals surface area (Å²) in [7, 11) is 1.40. The first-order chi connectivity index (χ1) is 10.0. The lowest BCUT2D eigenvalue weighted by atomic mass is 10.1. The third kappa shape index (κ3) is 3.49. The minimum absolute atomic E-state index is 0.00832. The van der Waals surface area contributed by atoms with Gasteiger partial charge in [0.05, 0.1) is 7.11 Å². The standard InChI is InChI=1S/C16H17F2NO2/c1-10(19)13-8-12(17)6-7-14(13)21-9-11-4-3-5-15(20-2)16(11)18/h3-8,10H,9,19H2,1-2H3. The van der Waals surface area contributed by atoms with Gasteiger partial charge in [0.15, 0.2) is 11.6 Å². The van der Waals surface area contributed by atoms with Crippen LogP contribution in [0.5, 0.6) is 11.5 Å². The number of rotatable bonds is 5. The second-order valence-corrected chi connectivity index (χ2v) is 4.69. The van der Waals surface area contributed by atoms with Crippen molar-refractivity contribution in [1.82, 2.24) is 0 Å². The van der Waals surface area contributed by atoms with E-state index in [1.54, 1.807) is 19.1 Å². The van der Waals surface area contributed by atoms with Gasteiger partial charge in [-0.1, -0.05) is 12.1 Å². The Morgan fingerprint density at radius 3 is 2.57 bits per heavy atom. The molecule has 0 heterocycles. The minimum atomic E-state index is -0.468. The van der Waals surface area contributed by atoms with Crippen molar-refractivity contribution in [1.29, 1.82) is 0 Å². The molecule has 112 valence electrons. The molecule has 0 saturated carbocycles. The average Bonchev–Trinajstić information content (AvgIpc) is 2.47. The monoisotopic (exact) mass is 293 g/mol. The summed E-state index contributed by atoms with van der Waals surface area (Å²) in [5.41, 5.74) is 6.68. The van der Waals surface area contributed by atoms with Crippen molar-refractivity contribution in [3.8, 4) is 11.5 Å². The quantitative estimate of drug-likeness (QED) is 0.916. The Kier molecular flexibility index (Phi) is 4.75. The predicted molar refractivity (Wildman–Crippen MR) is 76.3 cm³/mol. The number of nitrogens with two attached hydrogens (primary N) is 1. The molecule has 2 aromatic carbocycles. The molecular formula is C16H17F2NO2. The van der Waals surface area contributed by atoms with Gasteiger partial charge >= 0.3 is 0 Å². The molecular weight excluding hydrogens is 276 g/mol. The number of hydrogen-bond acceptors (Lipinski definition) is 3. The van der Waals surface area contributed by atoms with Crippen molar-refractivity contribution < 1.29 is 18.3 Å². The summed E-state index contributed by atoms with van der Waals surface area (Å²) in [6.07, 6.45) is 0. The van der Waals surface area contributed by atoms with Crippen molar-refractivity contribution in [2.75, 3.05) is 7.11 Å². The van der Waals surface area contributed by atoms with Crippen molar-refractivity contribution in [2.24, 2.45) is 5.73 Å². The molecule has 0 saturated heterocycles. The zero-order valence-corrected chi connectivity index (χ0v) is 11.9. The molecule has 1 unspecified atom stereocenters. The van der Waals surface area contributed by atoms with Gasteiger partial charge in [0.1, 0.15) is 18.2 Å². The van der Waals surface area contributed by atoms with Crippen LogP contribution in [0.1, 0.15) is 24.1 Å². The molecule has 0 bridgehead atoms. The summed E-state index contributed by atoms with van der Waals surface area (Å²) >= 11 is 0. The van der Waals surface area contributed by atoms with Gasteiger partial charge in [-0.3, -0.25) is 0 Å². The number of ether oxygens (including phenoxy) is 2. The fraction of sp³-hybridized carbons (Fsp3) is 0.250. The lowest BCUT2D eigenvalue weighted by Crippen LogP contribution is -2.09. The van der Waals surface area contributed by atoms with Gasteiger partial charge in [-0.25, -0.2) is 8.78 Å². The first-order valence-corrected chi connectivity index (χ1v) is 6.52. The Morgan fingerprint density at radius 2 is 1.90 bits per heavy atom. The number of hydrogen-bond donors (Lipinski definition) is 1. The highest BCUT2D eigenvalue weighted by atomic mass is 19.1. The zero-order valence-electron chi connectivity index (χ0n) is 11.9. The third-order valence-electron chi connectivity index (χ3n) is 3.11. The van der Waals surface area contributed by atoms with Crippen LogP contribution < -0.4 is 15.2 Å². The molecule has 3 nitrogen and oxygen atoms in total. The number of methoxy groups -OCH3 is 1. The smallest absolute Gasteiger partial charge is 0.171 e. The van der Waals surface area contributed by atoms with Crippen LogP contribution in [0.4, 0.5) is 8.78 Å². The summed E-state index contributed by atoms with van der Waals surface area (Å²) in [5, 5.41) is 0. The van der Waals surface area contributed by atoms with Gasteiger partial charge in [0.25, 0.3) is 0 Å². The van der Waals surface area contributed by atoms with Gasteiger partial charge in [-0.15, -0.1) is 0 Å². The topological polar surface area (TPSA) is 44.5 Å². The average molecular weight is 293 g/mol. The van der Waals surface area contributed by atoms with E-state index in [-0.39, 0.29) is 24.2 Å². The summed E-state index contributed by atoms with van der Waals surface area (Å²) in [4.78, 5) is 0. The highest BCUT2D eigenvalue weighted by molar-refractivity contribution is 5.37. The van der Waals surface area contributed by atoms with Gasteiger partial charge in [-0.05, 0) is 31.2 Å². The Balaban J connectivity index is 2.21. The van der Waals surface area contributed by atoms with Crippen molar-refractivity contribution in [3.63, 3.8) is 0 Å². The van der Waals surface area contributed by atoms with Crippen LogP contribution in [-0.2, 0) is 6.61 Å². The van der Waals surface area contributed by atoms with Crippen molar-refractivity contribution >= 4 is 0 Å². The molecule has 2 rings (SSSR count). The first kappa shape index (κ1) is 15.3. The summed E-state index contributed by atoms with van der Waals surface area (Å²) in [6.45, 7) is 1.74. The van der Waals surface area contributed by atoms with Crippen LogP contribution in [-0.4, -0.2) is 7.11 Å². The van der Waals surface area contributed by atoms with Gasteiger partial charge in [-0.2, -0.15) is 0 Å². The molecule has 5 heteroatoms. The van der Waals surface area contributed by atoms with E-state index < -0.39 is 5.82 Å². The van der Waals surface area contributed by atoms with E-state index in [0.29, 0.717) is 16.9 Å². The van der Waals surface area contributed by atoms with Crippen LogP contribution in [0.15, 0.2) is 36.4 Å². The van der Waals surface area contributed by atoms with E-state index >= 15 is 0 Å². The second-order valence-electron chi connectivity index (χ2n) is 4.69. The maximum Gasteiger partial charge on any atom is 0.171 e. The van der Waals surface area contributed by atoms with Gasteiger partial charge in [0.2, 0.25) is 0 Å². The van der Waals surface area contributed by atoms with E-state index in [0.717, 1.165) is 0 Å². The Hall–Kier alpha value is -2.14. The normalized spacial score (nSPS) is 12.0. The van der Waals surface area contributed by atoms with Crippen LogP contribution in [0, 0.1) is 11.6 Å². The largest absolute Gasteiger partial charge is 0.494 e. The number of benzene rings is 2. The SMILES string of the molecule is COc1cccc(COc2ccc(F)cc2C(C)N)c1F. The Morgan fingerprint density at radius 1 is 1.14 bits per heavy atom.